The summed E-state index contributed by atoms with van der Waals surface area (Å²) in [7, 11) is 0. The van der Waals surface area contributed by atoms with Gasteiger partial charge in [-0.1, -0.05) is 30.3 Å². The smallest absolute Gasteiger partial charge is 0.262 e. The number of fused-ring (bicyclic) bond motifs is 1. The lowest BCUT2D eigenvalue weighted by Crippen LogP contribution is -2.45. The molecule has 5 rings (SSSR count). The van der Waals surface area contributed by atoms with E-state index in [9.17, 15) is 14.4 Å². The van der Waals surface area contributed by atoms with E-state index in [0.29, 0.717) is 22.5 Å². The second kappa shape index (κ2) is 9.52. The summed E-state index contributed by atoms with van der Waals surface area (Å²) in [6.07, 6.45) is 4.18. The SMILES string of the molecule is O=C(NC1CC1)c1cccc(NC(=O)C(Cc2c[nH]c3ccccc23)NC(=O)c2cccs2)c1. The van der Waals surface area contributed by atoms with Crippen molar-refractivity contribution in [3.05, 3.63) is 88.2 Å². The van der Waals surface area contributed by atoms with Gasteiger partial charge >= 0.3 is 0 Å². The Morgan fingerprint density at radius 3 is 2.65 bits per heavy atom. The van der Waals surface area contributed by atoms with Crippen molar-refractivity contribution in [3.63, 3.8) is 0 Å². The summed E-state index contributed by atoms with van der Waals surface area (Å²) in [6.45, 7) is 0. The van der Waals surface area contributed by atoms with Crippen molar-refractivity contribution in [2.75, 3.05) is 5.32 Å². The molecular formula is C26H24N4O3S. The first-order valence-electron chi connectivity index (χ1n) is 11.2. The zero-order chi connectivity index (χ0) is 23.5. The number of benzene rings is 2. The van der Waals surface area contributed by atoms with Gasteiger partial charge in [-0.25, -0.2) is 0 Å². The zero-order valence-electron chi connectivity index (χ0n) is 18.3. The van der Waals surface area contributed by atoms with Gasteiger partial charge in [0.15, 0.2) is 0 Å². The number of aromatic amines is 1. The normalized spacial score (nSPS) is 13.9. The predicted molar refractivity (Wildman–Crippen MR) is 133 cm³/mol. The molecule has 7 nitrogen and oxygen atoms in total. The molecule has 0 aliphatic heterocycles. The van der Waals surface area contributed by atoms with Gasteiger partial charge in [-0.15, -0.1) is 11.3 Å². The van der Waals surface area contributed by atoms with Gasteiger partial charge in [0.05, 0.1) is 4.88 Å². The van der Waals surface area contributed by atoms with Gasteiger partial charge in [0.2, 0.25) is 5.91 Å². The molecule has 8 heteroatoms. The Hall–Kier alpha value is -3.91. The van der Waals surface area contributed by atoms with Gasteiger partial charge < -0.3 is 20.9 Å². The molecule has 1 saturated carbocycles. The Morgan fingerprint density at radius 2 is 1.85 bits per heavy atom. The Kier molecular flexibility index (Phi) is 6.14. The monoisotopic (exact) mass is 472 g/mol. The van der Waals surface area contributed by atoms with E-state index in [-0.39, 0.29) is 23.8 Å². The Bertz CT molecular complexity index is 1340. The minimum atomic E-state index is -0.808. The Morgan fingerprint density at radius 1 is 1.00 bits per heavy atom. The molecule has 1 unspecified atom stereocenters. The van der Waals surface area contributed by atoms with E-state index in [1.54, 1.807) is 36.4 Å². The van der Waals surface area contributed by atoms with Crippen molar-refractivity contribution in [3.8, 4) is 0 Å². The van der Waals surface area contributed by atoms with Crippen molar-refractivity contribution in [1.29, 1.82) is 0 Å². The molecule has 2 aromatic carbocycles. The van der Waals surface area contributed by atoms with Gasteiger partial charge in [0.1, 0.15) is 6.04 Å². The summed E-state index contributed by atoms with van der Waals surface area (Å²) >= 11 is 1.32. The summed E-state index contributed by atoms with van der Waals surface area (Å²) in [5.74, 6) is -0.803. The van der Waals surface area contributed by atoms with Crippen LogP contribution in [0.4, 0.5) is 5.69 Å². The van der Waals surface area contributed by atoms with Crippen LogP contribution in [0.5, 0.6) is 0 Å². The van der Waals surface area contributed by atoms with Gasteiger partial charge in [0, 0.05) is 40.8 Å². The molecule has 0 radical (unpaired) electrons. The molecule has 172 valence electrons. The topological polar surface area (TPSA) is 103 Å². The first-order valence-corrected chi connectivity index (χ1v) is 12.1. The fraction of sp³-hybridized carbons (Fsp3) is 0.192. The maximum absolute atomic E-state index is 13.3. The molecule has 0 saturated heterocycles. The number of rotatable bonds is 8. The molecule has 2 heterocycles. The molecule has 4 aromatic rings. The minimum Gasteiger partial charge on any atom is -0.361 e. The molecule has 0 spiro atoms. The molecule has 2 aromatic heterocycles. The first kappa shape index (κ1) is 21.9. The second-order valence-corrected chi connectivity index (χ2v) is 9.33. The third-order valence-electron chi connectivity index (χ3n) is 5.77. The van der Waals surface area contributed by atoms with E-state index in [1.165, 1.54) is 11.3 Å². The molecular weight excluding hydrogens is 448 g/mol. The number of H-pyrrole nitrogens is 1. The number of hydrogen-bond acceptors (Lipinski definition) is 4. The third-order valence-corrected chi connectivity index (χ3v) is 6.64. The molecule has 1 fully saturated rings. The van der Waals surface area contributed by atoms with Crippen LogP contribution in [-0.4, -0.2) is 34.8 Å². The largest absolute Gasteiger partial charge is 0.361 e. The van der Waals surface area contributed by atoms with Crippen LogP contribution < -0.4 is 16.0 Å². The number of thiophene rings is 1. The zero-order valence-corrected chi connectivity index (χ0v) is 19.2. The van der Waals surface area contributed by atoms with Crippen LogP contribution in [0.2, 0.25) is 0 Å². The lowest BCUT2D eigenvalue weighted by atomic mass is 10.0. The highest BCUT2D eigenvalue weighted by Crippen LogP contribution is 2.22. The lowest BCUT2D eigenvalue weighted by molar-refractivity contribution is -0.118. The summed E-state index contributed by atoms with van der Waals surface area (Å²) < 4.78 is 0. The molecule has 1 aliphatic rings. The highest BCUT2D eigenvalue weighted by atomic mass is 32.1. The van der Waals surface area contributed by atoms with E-state index in [1.807, 2.05) is 35.8 Å². The van der Waals surface area contributed by atoms with Crippen molar-refractivity contribution < 1.29 is 14.4 Å². The first-order chi connectivity index (χ1) is 16.6. The number of amides is 3. The highest BCUT2D eigenvalue weighted by molar-refractivity contribution is 7.12. The summed E-state index contributed by atoms with van der Waals surface area (Å²) in [5.41, 5.74) is 2.89. The van der Waals surface area contributed by atoms with Gasteiger partial charge in [-0.2, -0.15) is 0 Å². The average Bonchev–Trinajstić information content (AvgIpc) is 3.32. The number of aromatic nitrogens is 1. The Labute approximate surface area is 200 Å². The highest BCUT2D eigenvalue weighted by Gasteiger charge is 2.25. The lowest BCUT2D eigenvalue weighted by Gasteiger charge is -2.18. The predicted octanol–water partition coefficient (Wildman–Crippen LogP) is 4.10. The molecule has 34 heavy (non-hydrogen) atoms. The summed E-state index contributed by atoms with van der Waals surface area (Å²) in [4.78, 5) is 42.2. The van der Waals surface area contributed by atoms with Crippen LogP contribution in [-0.2, 0) is 11.2 Å². The standard InChI is InChI=1S/C26H24N4O3S/c31-24(28-18-10-11-18)16-5-3-6-19(13-16)29-25(32)22(30-26(33)23-9-4-12-34-23)14-17-15-27-21-8-2-1-7-20(17)21/h1-9,12-13,15,18,22,27H,10-11,14H2,(H,28,31)(H,29,32)(H,30,33). The summed E-state index contributed by atoms with van der Waals surface area (Å²) in [5, 5.41) is 11.5. The number of anilines is 1. The van der Waals surface area contributed by atoms with Crippen LogP contribution in [0, 0.1) is 0 Å². The number of hydrogen-bond donors (Lipinski definition) is 4. The third kappa shape index (κ3) is 5.02. The van der Waals surface area contributed by atoms with Crippen LogP contribution in [0.3, 0.4) is 0 Å². The van der Waals surface area contributed by atoms with Crippen molar-refractivity contribution in [2.45, 2.75) is 31.3 Å². The van der Waals surface area contributed by atoms with Crippen LogP contribution >= 0.6 is 11.3 Å². The number of carbonyl (C=O) groups excluding carboxylic acids is 3. The van der Waals surface area contributed by atoms with Crippen molar-refractivity contribution >= 4 is 45.6 Å². The average molecular weight is 473 g/mol. The quantitative estimate of drug-likeness (QED) is 0.310. The molecule has 3 amide bonds. The second-order valence-electron chi connectivity index (χ2n) is 8.38. The minimum absolute atomic E-state index is 0.153. The van der Waals surface area contributed by atoms with Gasteiger partial charge in [-0.3, -0.25) is 14.4 Å². The molecule has 1 atom stereocenters. The molecule has 1 aliphatic carbocycles. The van der Waals surface area contributed by atoms with E-state index < -0.39 is 6.04 Å². The number of carbonyl (C=O) groups is 3. The summed E-state index contributed by atoms with van der Waals surface area (Å²) in [6, 6.07) is 17.6. The van der Waals surface area contributed by atoms with Gasteiger partial charge in [-0.05, 0) is 54.1 Å². The maximum Gasteiger partial charge on any atom is 0.262 e. The maximum atomic E-state index is 13.3. The van der Waals surface area contributed by atoms with E-state index in [2.05, 4.69) is 20.9 Å². The van der Waals surface area contributed by atoms with Crippen molar-refractivity contribution in [2.24, 2.45) is 0 Å². The fourth-order valence-electron chi connectivity index (χ4n) is 3.83. The van der Waals surface area contributed by atoms with E-state index in [4.69, 9.17) is 0 Å². The molecule has 0 bridgehead atoms. The van der Waals surface area contributed by atoms with Crippen LogP contribution in [0.25, 0.3) is 10.9 Å². The number of para-hydroxylation sites is 1. The van der Waals surface area contributed by atoms with Gasteiger partial charge in [0.25, 0.3) is 11.8 Å². The molecule has 4 N–H and O–H groups in total. The van der Waals surface area contributed by atoms with E-state index >= 15 is 0 Å². The van der Waals surface area contributed by atoms with Crippen LogP contribution in [0.1, 0.15) is 38.4 Å². The fourth-order valence-corrected chi connectivity index (χ4v) is 4.46. The number of nitrogens with one attached hydrogen (secondary N) is 4. The van der Waals surface area contributed by atoms with E-state index in [0.717, 1.165) is 29.3 Å². The Balaban J connectivity index is 1.36. The van der Waals surface area contributed by atoms with Crippen LogP contribution in [0.15, 0.2) is 72.2 Å². The van der Waals surface area contributed by atoms with Crippen molar-refractivity contribution in [1.82, 2.24) is 15.6 Å².